The van der Waals surface area contributed by atoms with Gasteiger partial charge in [-0.2, -0.15) is 0 Å². The summed E-state index contributed by atoms with van der Waals surface area (Å²) in [7, 11) is 0. The molecule has 0 saturated carbocycles. The van der Waals surface area contributed by atoms with Gasteiger partial charge in [0.25, 0.3) is 0 Å². The Morgan fingerprint density at radius 1 is 2.00 bits per heavy atom. The molecular weight excluding hydrogens is 106 g/mol. The van der Waals surface area contributed by atoms with Gasteiger partial charge >= 0.3 is 61.2 Å². The number of rotatable bonds is 1. The zero-order valence-electron chi connectivity index (χ0n) is 4.16. The second kappa shape index (κ2) is 4.20. The molecule has 0 fully saturated rings. The number of allylic oxidation sites excluding steroid dienone is 2. The molecule has 0 aromatic carbocycles. The quantitative estimate of drug-likeness (QED) is 0.453. The van der Waals surface area contributed by atoms with E-state index in [4.69, 9.17) is 11.6 Å². The van der Waals surface area contributed by atoms with Gasteiger partial charge in [0.15, 0.2) is 0 Å². The Bertz CT molecular complexity index is 58.6. The Morgan fingerprint density at radius 2 is 2.50 bits per heavy atom. The Labute approximate surface area is 61.0 Å². The van der Waals surface area contributed by atoms with Crippen molar-refractivity contribution >= 4 is 39.5 Å². The first-order chi connectivity index (χ1) is 2.81. The first-order valence-corrected chi connectivity index (χ1v) is 3.91. The molecule has 0 aliphatic carbocycles. The van der Waals surface area contributed by atoms with Crippen LogP contribution in [0.5, 0.6) is 0 Å². The molecule has 0 aliphatic rings. The number of hydrogen-bond acceptors (Lipinski definition) is 0. The molecule has 30 valence electrons. The summed E-state index contributed by atoms with van der Waals surface area (Å²) in [6, 6.07) is 0. The van der Waals surface area contributed by atoms with Gasteiger partial charge in [-0.05, 0) is 0 Å². The molecule has 0 aromatic rings. The summed E-state index contributed by atoms with van der Waals surface area (Å²) in [4.78, 5) is 0. The first-order valence-electron chi connectivity index (χ1n) is 2.12. The zero-order chi connectivity index (χ0) is 4.99. The molecule has 0 spiro atoms. The fourth-order valence-corrected chi connectivity index (χ4v) is 0.612. The summed E-state index contributed by atoms with van der Waals surface area (Å²) in [5, 5.41) is 1.00. The Morgan fingerprint density at radius 3 is 2.50 bits per heavy atom. The van der Waals surface area contributed by atoms with Crippen molar-refractivity contribution in [1.29, 1.82) is 0 Å². The maximum atomic E-state index is 5.55. The summed E-state index contributed by atoms with van der Waals surface area (Å²) in [6.07, 6.45) is 1.94. The standard InChI is InChI=1S/C4H6Cl.Na/c1-3-4(2)5;/h3H,2H2,1H3;. The summed E-state index contributed by atoms with van der Waals surface area (Å²) in [5.74, 6) is 0. The van der Waals surface area contributed by atoms with Crippen LogP contribution in [-0.4, -0.2) is 27.9 Å². The second-order valence-electron chi connectivity index (χ2n) is 1.09. The predicted octanol–water partition coefficient (Wildman–Crippen LogP) is 1.72. The van der Waals surface area contributed by atoms with Crippen LogP contribution < -0.4 is 0 Å². The minimum atomic E-state index is 1.00. The third-order valence-electron chi connectivity index (χ3n) is 0.651. The van der Waals surface area contributed by atoms with Crippen molar-refractivity contribution in [2.45, 2.75) is 10.6 Å². The van der Waals surface area contributed by atoms with Crippen LogP contribution in [0.15, 0.2) is 11.1 Å². The van der Waals surface area contributed by atoms with Gasteiger partial charge in [0.2, 0.25) is 0 Å². The summed E-state index contributed by atoms with van der Waals surface area (Å²) in [5.41, 5.74) is 0. The van der Waals surface area contributed by atoms with Gasteiger partial charge in [-0.3, -0.25) is 0 Å². The summed E-state index contributed by atoms with van der Waals surface area (Å²) >= 11 is 6.73. The molecule has 0 rings (SSSR count). The average molecular weight is 113 g/mol. The van der Waals surface area contributed by atoms with E-state index in [9.17, 15) is 0 Å². The van der Waals surface area contributed by atoms with E-state index in [0.717, 1.165) is 8.70 Å². The van der Waals surface area contributed by atoms with E-state index in [1.807, 2.05) is 13.0 Å². The van der Waals surface area contributed by atoms with Gasteiger partial charge in [-0.15, -0.1) is 0 Å². The van der Waals surface area contributed by atoms with Crippen molar-refractivity contribution in [2.24, 2.45) is 0 Å². The molecule has 0 radical (unpaired) electrons. The van der Waals surface area contributed by atoms with E-state index in [2.05, 4.69) is 0 Å². The molecule has 0 nitrogen and oxygen atoms in total. The van der Waals surface area contributed by atoms with E-state index in [1.54, 1.807) is 0 Å². The predicted molar refractivity (Wildman–Crippen MR) is 30.2 cm³/mol. The molecule has 0 N–H and O–H groups in total. The van der Waals surface area contributed by atoms with Crippen molar-refractivity contribution in [1.82, 2.24) is 0 Å². The van der Waals surface area contributed by atoms with Gasteiger partial charge in [0.1, 0.15) is 0 Å². The Hall–Kier alpha value is 1.03. The first kappa shape index (κ1) is 7.03. The monoisotopic (exact) mass is 112 g/mol. The Kier molecular flexibility index (Phi) is 4.92. The molecule has 0 bridgehead atoms. The molecule has 0 saturated heterocycles. The third-order valence-corrected chi connectivity index (χ3v) is 2.35. The van der Waals surface area contributed by atoms with Crippen LogP contribution in [0.4, 0.5) is 0 Å². The van der Waals surface area contributed by atoms with Gasteiger partial charge in [-0.25, -0.2) is 0 Å². The van der Waals surface area contributed by atoms with Crippen molar-refractivity contribution in [3.8, 4) is 0 Å². The number of halogens is 1. The summed E-state index contributed by atoms with van der Waals surface area (Å²) in [6.45, 7) is 1.96. The fourth-order valence-electron chi connectivity index (χ4n) is 0.204. The van der Waals surface area contributed by atoms with E-state index in [0.29, 0.717) is 0 Å². The second-order valence-corrected chi connectivity index (χ2v) is 2.28. The molecule has 0 heterocycles. The molecule has 0 atom stereocenters. The van der Waals surface area contributed by atoms with Gasteiger partial charge in [-0.1, -0.05) is 0 Å². The van der Waals surface area contributed by atoms with Gasteiger partial charge in [0, 0.05) is 0 Å². The van der Waals surface area contributed by atoms with E-state index >= 15 is 0 Å². The topological polar surface area (TPSA) is 0 Å². The number of hydrogen-bond donors (Lipinski definition) is 0. The normalized spacial score (nSPS) is 12.3. The van der Waals surface area contributed by atoms with Crippen LogP contribution in [-0.2, 0) is 0 Å². The Balaban J connectivity index is 3.22. The average Bonchev–Trinajstić information content (AvgIpc) is 1.65. The van der Waals surface area contributed by atoms with Crippen LogP contribution in [0.1, 0.15) is 6.92 Å². The van der Waals surface area contributed by atoms with Crippen LogP contribution in [0, 0.1) is 0 Å². The van der Waals surface area contributed by atoms with Crippen molar-refractivity contribution in [2.75, 3.05) is 0 Å². The molecule has 0 amide bonds. The van der Waals surface area contributed by atoms with Gasteiger partial charge in [0.05, 0.1) is 0 Å². The van der Waals surface area contributed by atoms with E-state index in [-0.39, 0.29) is 0 Å². The molecule has 6 heavy (non-hydrogen) atoms. The molecule has 0 aliphatic heterocycles. The van der Waals surface area contributed by atoms with Crippen molar-refractivity contribution in [3.05, 3.63) is 11.1 Å². The molecule has 0 unspecified atom stereocenters. The van der Waals surface area contributed by atoms with Crippen molar-refractivity contribution in [3.63, 3.8) is 0 Å². The molecule has 0 aromatic heterocycles. The summed E-state index contributed by atoms with van der Waals surface area (Å²) < 4.78 is 1.10. The van der Waals surface area contributed by atoms with Crippen molar-refractivity contribution < 1.29 is 0 Å². The van der Waals surface area contributed by atoms with Crippen LogP contribution >= 0.6 is 11.6 Å². The van der Waals surface area contributed by atoms with E-state index in [1.165, 1.54) is 27.9 Å². The third kappa shape index (κ3) is 3.23. The minimum absolute atomic E-state index is 1.00. The van der Waals surface area contributed by atoms with E-state index < -0.39 is 0 Å². The van der Waals surface area contributed by atoms with Gasteiger partial charge < -0.3 is 0 Å². The fraction of sp³-hybridized carbons (Fsp3) is 0.500. The SMILES string of the molecule is CC=C(Cl)[CH2][Na]. The van der Waals surface area contributed by atoms with Crippen LogP contribution in [0.25, 0.3) is 0 Å². The van der Waals surface area contributed by atoms with Crippen LogP contribution in [0.3, 0.4) is 0 Å². The van der Waals surface area contributed by atoms with Crippen LogP contribution in [0.2, 0.25) is 3.67 Å². The maximum absolute atomic E-state index is 5.55. The molecule has 2 heteroatoms. The molecular formula is C4H6ClNa. The zero-order valence-corrected chi connectivity index (χ0v) is 6.92.